The molecule has 0 radical (unpaired) electrons. The zero-order chi connectivity index (χ0) is 20.2. The van der Waals surface area contributed by atoms with Crippen LogP contribution in [-0.4, -0.2) is 46.0 Å². The Bertz CT molecular complexity index is 928. The fourth-order valence-corrected chi connectivity index (χ4v) is 4.36. The Kier molecular flexibility index (Phi) is 6.06. The number of carbonyl (C=O) groups excluding carboxylic acids is 1. The fraction of sp³-hybridized carbons (Fsp3) is 0.409. The van der Waals surface area contributed by atoms with E-state index in [1.165, 1.54) is 11.1 Å². The van der Waals surface area contributed by atoms with Crippen LogP contribution in [0.3, 0.4) is 0 Å². The molecule has 0 unspecified atom stereocenters. The third kappa shape index (κ3) is 4.92. The van der Waals surface area contributed by atoms with E-state index in [9.17, 15) is 4.79 Å². The summed E-state index contributed by atoms with van der Waals surface area (Å²) >= 11 is 1.57. The van der Waals surface area contributed by atoms with Crippen LogP contribution in [-0.2, 0) is 17.9 Å². The van der Waals surface area contributed by atoms with Crippen molar-refractivity contribution in [2.24, 2.45) is 5.92 Å². The maximum atomic E-state index is 12.9. The summed E-state index contributed by atoms with van der Waals surface area (Å²) in [5.74, 6) is 1.28. The summed E-state index contributed by atoms with van der Waals surface area (Å²) in [5, 5.41) is 6.00. The molecule has 1 aromatic carbocycles. The first-order valence-electron chi connectivity index (χ1n) is 9.98. The molecule has 3 aromatic rings. The van der Waals surface area contributed by atoms with E-state index in [0.717, 1.165) is 37.4 Å². The van der Waals surface area contributed by atoms with Crippen LogP contribution in [0, 0.1) is 12.8 Å². The van der Waals surface area contributed by atoms with Gasteiger partial charge in [0, 0.05) is 19.5 Å². The predicted octanol–water partition coefficient (Wildman–Crippen LogP) is 3.98. The Morgan fingerprint density at radius 1 is 1.24 bits per heavy atom. The second-order valence-electron chi connectivity index (χ2n) is 7.72. The molecule has 4 rings (SSSR count). The summed E-state index contributed by atoms with van der Waals surface area (Å²) in [5.41, 5.74) is 2.61. The van der Waals surface area contributed by atoms with Gasteiger partial charge in [0.2, 0.25) is 17.6 Å². The minimum absolute atomic E-state index is 0.0638. The van der Waals surface area contributed by atoms with Gasteiger partial charge in [-0.05, 0) is 49.9 Å². The Morgan fingerprint density at radius 3 is 2.69 bits per heavy atom. The van der Waals surface area contributed by atoms with Gasteiger partial charge >= 0.3 is 0 Å². The second kappa shape index (κ2) is 8.88. The van der Waals surface area contributed by atoms with E-state index < -0.39 is 0 Å². The Morgan fingerprint density at radius 2 is 2.00 bits per heavy atom. The number of piperidine rings is 1. The van der Waals surface area contributed by atoms with E-state index in [2.05, 4.69) is 46.2 Å². The third-order valence-corrected chi connectivity index (χ3v) is 6.29. The van der Waals surface area contributed by atoms with Crippen molar-refractivity contribution in [3.05, 3.63) is 58.8 Å². The van der Waals surface area contributed by atoms with Crippen molar-refractivity contribution in [1.29, 1.82) is 0 Å². The molecule has 3 heterocycles. The number of hydrogen-bond donors (Lipinski definition) is 0. The molecule has 0 bridgehead atoms. The first kappa shape index (κ1) is 19.8. The molecule has 0 saturated carbocycles. The molecule has 1 amide bonds. The van der Waals surface area contributed by atoms with Crippen molar-refractivity contribution in [3.63, 3.8) is 0 Å². The van der Waals surface area contributed by atoms with Crippen LogP contribution < -0.4 is 0 Å². The molecule has 7 heteroatoms. The van der Waals surface area contributed by atoms with E-state index >= 15 is 0 Å². The number of thiophene rings is 1. The number of aryl methyl sites for hydroxylation is 1. The monoisotopic (exact) mass is 410 g/mol. The predicted molar refractivity (Wildman–Crippen MR) is 113 cm³/mol. The second-order valence-corrected chi connectivity index (χ2v) is 8.67. The van der Waals surface area contributed by atoms with Crippen molar-refractivity contribution >= 4 is 17.2 Å². The van der Waals surface area contributed by atoms with Gasteiger partial charge in [-0.15, -0.1) is 11.3 Å². The molecule has 1 fully saturated rings. The largest absolute Gasteiger partial charge is 0.337 e. The SMILES string of the molecule is Cc1ccc(CN2CCC(C(=O)N(C)Cc3nc(-c4cccs4)no3)CC2)cc1. The van der Waals surface area contributed by atoms with Crippen molar-refractivity contribution in [1.82, 2.24) is 19.9 Å². The molecule has 29 heavy (non-hydrogen) atoms. The molecular weight excluding hydrogens is 384 g/mol. The summed E-state index contributed by atoms with van der Waals surface area (Å²) in [4.78, 5) is 22.4. The van der Waals surface area contributed by atoms with Crippen LogP contribution >= 0.6 is 11.3 Å². The van der Waals surface area contributed by atoms with Crippen LogP contribution in [0.2, 0.25) is 0 Å². The average molecular weight is 411 g/mol. The first-order valence-corrected chi connectivity index (χ1v) is 10.9. The molecular formula is C22H26N4O2S. The number of hydrogen-bond acceptors (Lipinski definition) is 6. The molecule has 0 spiro atoms. The highest BCUT2D eigenvalue weighted by Gasteiger charge is 2.28. The lowest BCUT2D eigenvalue weighted by molar-refractivity contribution is -0.136. The van der Waals surface area contributed by atoms with Crippen LogP contribution in [0.15, 0.2) is 46.3 Å². The summed E-state index contributed by atoms with van der Waals surface area (Å²) < 4.78 is 5.33. The Labute approximate surface area is 175 Å². The molecule has 2 aromatic heterocycles. The van der Waals surface area contributed by atoms with Gasteiger partial charge in [0.15, 0.2) is 0 Å². The lowest BCUT2D eigenvalue weighted by atomic mass is 9.95. The van der Waals surface area contributed by atoms with Crippen LogP contribution in [0.5, 0.6) is 0 Å². The van der Waals surface area contributed by atoms with E-state index in [1.807, 2.05) is 24.6 Å². The molecule has 152 valence electrons. The van der Waals surface area contributed by atoms with Gasteiger partial charge in [-0.1, -0.05) is 41.1 Å². The van der Waals surface area contributed by atoms with Crippen LogP contribution in [0.1, 0.15) is 29.9 Å². The Balaban J connectivity index is 1.27. The highest BCUT2D eigenvalue weighted by atomic mass is 32.1. The van der Waals surface area contributed by atoms with Gasteiger partial charge in [-0.25, -0.2) is 0 Å². The molecule has 1 aliphatic heterocycles. The molecule has 1 saturated heterocycles. The maximum absolute atomic E-state index is 12.9. The molecule has 0 aliphatic carbocycles. The molecule has 0 N–H and O–H groups in total. The maximum Gasteiger partial charge on any atom is 0.246 e. The number of aromatic nitrogens is 2. The van der Waals surface area contributed by atoms with Gasteiger partial charge in [-0.2, -0.15) is 4.98 Å². The number of amides is 1. The summed E-state index contributed by atoms with van der Waals surface area (Å²) in [6, 6.07) is 12.6. The van der Waals surface area contributed by atoms with Crippen molar-refractivity contribution < 1.29 is 9.32 Å². The summed E-state index contributed by atoms with van der Waals surface area (Å²) in [7, 11) is 1.82. The Hall–Kier alpha value is -2.51. The van der Waals surface area contributed by atoms with E-state index in [1.54, 1.807) is 16.2 Å². The minimum Gasteiger partial charge on any atom is -0.337 e. The lowest BCUT2D eigenvalue weighted by Crippen LogP contribution is -2.40. The molecule has 1 aliphatic rings. The van der Waals surface area contributed by atoms with Crippen LogP contribution in [0.4, 0.5) is 0 Å². The van der Waals surface area contributed by atoms with E-state index in [4.69, 9.17) is 4.52 Å². The standard InChI is InChI=1S/C22H26N4O2S/c1-16-5-7-17(8-6-16)14-26-11-9-18(10-12-26)22(27)25(2)15-20-23-21(24-28-20)19-4-3-13-29-19/h3-8,13,18H,9-12,14-15H2,1-2H3. The molecule has 0 atom stereocenters. The molecule has 6 nitrogen and oxygen atoms in total. The van der Waals surface area contributed by atoms with Gasteiger partial charge < -0.3 is 9.42 Å². The topological polar surface area (TPSA) is 62.5 Å². The normalized spacial score (nSPS) is 15.5. The highest BCUT2D eigenvalue weighted by molar-refractivity contribution is 7.13. The van der Waals surface area contributed by atoms with Gasteiger partial charge in [-0.3, -0.25) is 9.69 Å². The van der Waals surface area contributed by atoms with Gasteiger partial charge in [0.1, 0.15) is 0 Å². The minimum atomic E-state index is 0.0638. The average Bonchev–Trinajstić information content (AvgIpc) is 3.41. The first-order chi connectivity index (χ1) is 14.1. The van der Waals surface area contributed by atoms with E-state index in [-0.39, 0.29) is 11.8 Å². The zero-order valence-electron chi connectivity index (χ0n) is 16.9. The van der Waals surface area contributed by atoms with E-state index in [0.29, 0.717) is 18.3 Å². The number of likely N-dealkylation sites (tertiary alicyclic amines) is 1. The fourth-order valence-electron chi connectivity index (χ4n) is 3.71. The van der Waals surface area contributed by atoms with Gasteiger partial charge in [0.25, 0.3) is 0 Å². The van der Waals surface area contributed by atoms with Gasteiger partial charge in [0.05, 0.1) is 11.4 Å². The number of carbonyl (C=O) groups is 1. The van der Waals surface area contributed by atoms with Crippen LogP contribution in [0.25, 0.3) is 10.7 Å². The summed E-state index contributed by atoms with van der Waals surface area (Å²) in [6.45, 7) is 5.29. The quantitative estimate of drug-likeness (QED) is 0.615. The third-order valence-electron chi connectivity index (χ3n) is 5.42. The number of benzene rings is 1. The van der Waals surface area contributed by atoms with Crippen molar-refractivity contribution in [2.45, 2.75) is 32.9 Å². The summed E-state index contributed by atoms with van der Waals surface area (Å²) in [6.07, 6.45) is 1.78. The highest BCUT2D eigenvalue weighted by Crippen LogP contribution is 2.23. The lowest BCUT2D eigenvalue weighted by Gasteiger charge is -2.33. The number of rotatable bonds is 6. The number of nitrogens with zero attached hydrogens (tertiary/aromatic N) is 4. The van der Waals surface area contributed by atoms with Crippen molar-refractivity contribution in [3.8, 4) is 10.7 Å². The zero-order valence-corrected chi connectivity index (χ0v) is 17.7. The van der Waals surface area contributed by atoms with Crippen molar-refractivity contribution in [2.75, 3.05) is 20.1 Å². The smallest absolute Gasteiger partial charge is 0.246 e.